The summed E-state index contributed by atoms with van der Waals surface area (Å²) >= 11 is 0. The SMILES string of the molecule is NCCNC(CN)N(C(=O)[C@H](Cc1ccc(O)cc1)NC(=O)CN)[C@](CC(=O)O)(C(=O)O)C(CC(=O)O)(CC(=O)O)C(CCN)(CC(=O)O)CC(=O)O. The number of amides is 2. The predicted octanol–water partition coefficient (Wildman–Crippen LogP) is -3.44. The lowest BCUT2D eigenvalue weighted by Crippen LogP contribution is -2.78. The van der Waals surface area contributed by atoms with Crippen molar-refractivity contribution < 1.29 is 74.1 Å². The fourth-order valence-corrected chi connectivity index (χ4v) is 7.07. The lowest BCUT2D eigenvalue weighted by Gasteiger charge is -2.61. The predicted molar refractivity (Wildman–Crippen MR) is 180 cm³/mol. The lowest BCUT2D eigenvalue weighted by atomic mass is 9.46. The van der Waals surface area contributed by atoms with Crippen molar-refractivity contribution in [1.29, 1.82) is 0 Å². The van der Waals surface area contributed by atoms with Crippen LogP contribution in [0.5, 0.6) is 5.75 Å². The number of carbonyl (C=O) groups excluding carboxylic acids is 2. The Morgan fingerprint density at radius 2 is 1.19 bits per heavy atom. The summed E-state index contributed by atoms with van der Waals surface area (Å²) in [6.07, 6.45) is -11.6. The Labute approximate surface area is 302 Å². The van der Waals surface area contributed by atoms with Crippen molar-refractivity contribution in [2.75, 3.05) is 32.7 Å². The minimum atomic E-state index is -3.72. The Morgan fingerprint density at radius 1 is 0.698 bits per heavy atom. The van der Waals surface area contributed by atoms with Gasteiger partial charge >= 0.3 is 35.8 Å². The number of phenols is 1. The zero-order valence-corrected chi connectivity index (χ0v) is 28.6. The molecule has 1 rings (SSSR count). The number of nitrogens with one attached hydrogen (secondary N) is 2. The molecule has 0 aliphatic heterocycles. The number of carboxylic acid groups (broad SMARTS) is 6. The van der Waals surface area contributed by atoms with E-state index in [0.717, 1.165) is 0 Å². The van der Waals surface area contributed by atoms with Crippen LogP contribution in [-0.2, 0) is 44.8 Å². The van der Waals surface area contributed by atoms with Crippen LogP contribution >= 0.6 is 0 Å². The van der Waals surface area contributed by atoms with Gasteiger partial charge < -0.3 is 68.9 Å². The highest BCUT2D eigenvalue weighted by Gasteiger charge is 2.72. The Bertz CT molecular complexity index is 1470. The molecule has 3 atom stereocenters. The summed E-state index contributed by atoms with van der Waals surface area (Å²) in [4.78, 5) is 106. The van der Waals surface area contributed by atoms with E-state index in [1.165, 1.54) is 24.3 Å². The summed E-state index contributed by atoms with van der Waals surface area (Å²) in [5, 5.41) is 77.5. The summed E-state index contributed by atoms with van der Waals surface area (Å²) in [5.41, 5.74) is 13.2. The van der Waals surface area contributed by atoms with E-state index in [1.54, 1.807) is 0 Å². The number of nitrogens with zero attached hydrogens (tertiary/aromatic N) is 1. The third kappa shape index (κ3) is 11.0. The molecule has 0 radical (unpaired) electrons. The highest BCUT2D eigenvalue weighted by atomic mass is 16.4. The molecule has 0 fully saturated rings. The van der Waals surface area contributed by atoms with Crippen LogP contribution in [0.1, 0.15) is 44.1 Å². The van der Waals surface area contributed by atoms with Crippen LogP contribution in [-0.4, -0.2) is 139 Å². The highest BCUT2D eigenvalue weighted by Crippen LogP contribution is 2.61. The topological polar surface area (TPSA) is 410 Å². The summed E-state index contributed by atoms with van der Waals surface area (Å²) in [7, 11) is 0. The second-order valence-electron chi connectivity index (χ2n) is 12.3. The van der Waals surface area contributed by atoms with Gasteiger partial charge in [-0.1, -0.05) is 12.1 Å². The number of rotatable bonds is 26. The van der Waals surface area contributed by atoms with Crippen LogP contribution in [0.15, 0.2) is 24.3 Å². The maximum Gasteiger partial charge on any atom is 0.330 e. The Morgan fingerprint density at radius 3 is 1.57 bits per heavy atom. The summed E-state index contributed by atoms with van der Waals surface area (Å²) in [5.74, 6) is -15.1. The van der Waals surface area contributed by atoms with E-state index in [2.05, 4.69) is 10.6 Å². The van der Waals surface area contributed by atoms with Gasteiger partial charge in [-0.25, -0.2) is 4.79 Å². The molecule has 22 heteroatoms. The molecular weight excluding hydrogens is 710 g/mol. The molecule has 53 heavy (non-hydrogen) atoms. The molecule has 0 heterocycles. The molecule has 296 valence electrons. The van der Waals surface area contributed by atoms with Gasteiger partial charge in [-0.15, -0.1) is 0 Å². The van der Waals surface area contributed by atoms with Crippen molar-refractivity contribution in [2.24, 2.45) is 33.8 Å². The number of aromatic hydroxyl groups is 1. The fraction of sp³-hybridized carbons (Fsp3) is 0.548. The number of phenolic OH excluding ortho intramolecular Hbond substituents is 1. The average molecular weight is 758 g/mol. The third-order valence-electron chi connectivity index (χ3n) is 8.98. The highest BCUT2D eigenvalue weighted by molar-refractivity contribution is 5.97. The van der Waals surface area contributed by atoms with E-state index in [0.29, 0.717) is 0 Å². The van der Waals surface area contributed by atoms with Gasteiger partial charge in [0.1, 0.15) is 11.8 Å². The van der Waals surface area contributed by atoms with Gasteiger partial charge in [-0.2, -0.15) is 0 Å². The molecule has 1 unspecified atom stereocenters. The van der Waals surface area contributed by atoms with E-state index < -0.39 is 141 Å². The normalized spacial score (nSPS) is 13.9. The van der Waals surface area contributed by atoms with Crippen molar-refractivity contribution in [3.63, 3.8) is 0 Å². The minimum absolute atomic E-state index is 0.202. The molecule has 0 saturated carbocycles. The molecule has 2 amide bonds. The average Bonchev–Trinajstić information content (AvgIpc) is 3.04. The quantitative estimate of drug-likeness (QED) is 0.0409. The van der Waals surface area contributed by atoms with Crippen LogP contribution in [0.2, 0.25) is 0 Å². The second kappa shape index (κ2) is 20.0. The molecule has 0 aromatic heterocycles. The van der Waals surface area contributed by atoms with Gasteiger partial charge in [0.05, 0.1) is 44.8 Å². The number of nitrogens with two attached hydrogens (primary N) is 4. The second-order valence-corrected chi connectivity index (χ2v) is 12.3. The summed E-state index contributed by atoms with van der Waals surface area (Å²) in [6.45, 7) is -2.81. The largest absolute Gasteiger partial charge is 0.508 e. The number of benzene rings is 1. The number of aliphatic carboxylic acids is 6. The first-order valence-corrected chi connectivity index (χ1v) is 16.0. The lowest BCUT2D eigenvalue weighted by molar-refractivity contribution is -0.209. The first-order valence-electron chi connectivity index (χ1n) is 16.0. The van der Waals surface area contributed by atoms with Gasteiger partial charge in [0.15, 0.2) is 5.54 Å². The van der Waals surface area contributed by atoms with Crippen molar-refractivity contribution in [2.45, 2.75) is 62.7 Å². The minimum Gasteiger partial charge on any atom is -0.508 e. The first-order chi connectivity index (χ1) is 24.7. The van der Waals surface area contributed by atoms with Crippen LogP contribution in [0, 0.1) is 10.8 Å². The van der Waals surface area contributed by atoms with E-state index in [-0.39, 0.29) is 29.3 Å². The standard InChI is InChI=1S/C31H47N7O15/c32-6-5-29(10-22(41)42,11-23(43)44)30(12-24(45)46,13-25(47)48)31(28(52)53,14-26(49)50)38(20(15-34)36-8-7-33)27(51)19(37-21(40)16-35)9-17-1-3-18(39)4-2-17/h1-4,19-20,36,39H,5-16,32-35H2,(H,37,40)(H,41,42)(H,43,44)(H,45,46)(H,47,48)(H,49,50)(H,52,53)/t19-,20?,31+/m0/s1. The van der Waals surface area contributed by atoms with Crippen molar-refractivity contribution in [3.05, 3.63) is 29.8 Å². The van der Waals surface area contributed by atoms with Crippen molar-refractivity contribution in [3.8, 4) is 5.75 Å². The molecule has 0 spiro atoms. The van der Waals surface area contributed by atoms with Gasteiger partial charge in [-0.05, 0) is 30.7 Å². The van der Waals surface area contributed by atoms with Gasteiger partial charge in [0.25, 0.3) is 0 Å². The number of carboxylic acids is 6. The van der Waals surface area contributed by atoms with Gasteiger partial charge in [0.2, 0.25) is 11.8 Å². The van der Waals surface area contributed by atoms with E-state index in [4.69, 9.17) is 22.9 Å². The van der Waals surface area contributed by atoms with E-state index in [9.17, 15) is 69.3 Å². The van der Waals surface area contributed by atoms with E-state index >= 15 is 4.79 Å². The number of hydrogen-bond acceptors (Lipinski definition) is 14. The molecule has 0 aliphatic rings. The molecule has 0 saturated heterocycles. The summed E-state index contributed by atoms with van der Waals surface area (Å²) in [6, 6.07) is 3.07. The van der Waals surface area contributed by atoms with E-state index in [1.807, 2.05) is 0 Å². The molecular formula is C31H47N7O15. The van der Waals surface area contributed by atoms with Crippen molar-refractivity contribution in [1.82, 2.24) is 15.5 Å². The molecule has 0 bridgehead atoms. The van der Waals surface area contributed by atoms with Crippen LogP contribution in [0.25, 0.3) is 0 Å². The fourth-order valence-electron chi connectivity index (χ4n) is 7.07. The Hall–Kier alpha value is -5.42. The van der Waals surface area contributed by atoms with Crippen LogP contribution in [0.3, 0.4) is 0 Å². The molecule has 17 N–H and O–H groups in total. The maximum absolute atomic E-state index is 15.1. The van der Waals surface area contributed by atoms with Gasteiger partial charge in [-0.3, -0.25) is 38.9 Å². The third-order valence-corrected chi connectivity index (χ3v) is 8.98. The zero-order chi connectivity index (χ0) is 40.7. The Balaban J connectivity index is 4.86. The van der Waals surface area contributed by atoms with Crippen LogP contribution in [0.4, 0.5) is 0 Å². The zero-order valence-electron chi connectivity index (χ0n) is 28.6. The van der Waals surface area contributed by atoms with Gasteiger partial charge in [0, 0.05) is 36.9 Å². The molecule has 22 nitrogen and oxygen atoms in total. The molecule has 0 aliphatic carbocycles. The smallest absolute Gasteiger partial charge is 0.330 e. The molecule has 1 aromatic rings. The first kappa shape index (κ1) is 45.6. The number of hydrogen-bond donors (Lipinski definition) is 13. The van der Waals surface area contributed by atoms with Crippen LogP contribution < -0.4 is 33.6 Å². The van der Waals surface area contributed by atoms with Crippen molar-refractivity contribution >= 4 is 47.6 Å². The molecule has 1 aromatic carbocycles. The Kier molecular flexibility index (Phi) is 17.2. The summed E-state index contributed by atoms with van der Waals surface area (Å²) < 4.78 is 0. The number of carbonyl (C=O) groups is 8. The maximum atomic E-state index is 15.1. The monoisotopic (exact) mass is 757 g/mol.